The molecule has 0 heterocycles. The van der Waals surface area contributed by atoms with Crippen molar-refractivity contribution < 1.29 is 0 Å². The molecule has 0 radical (unpaired) electrons. The van der Waals surface area contributed by atoms with E-state index in [1.54, 1.807) is 0 Å². The molecule has 94 valence electrons. The lowest BCUT2D eigenvalue weighted by Crippen LogP contribution is -2.08. The van der Waals surface area contributed by atoms with E-state index in [1.807, 2.05) is 0 Å². The van der Waals surface area contributed by atoms with E-state index in [0.29, 0.717) is 6.04 Å². The number of hydrogen-bond donors (Lipinski definition) is 1. The molecule has 2 rings (SSSR count). The van der Waals surface area contributed by atoms with E-state index in [4.69, 9.17) is 0 Å². The Morgan fingerprint density at radius 3 is 2.56 bits per heavy atom. The maximum Gasteiger partial charge on any atom is 0.0488 e. The first kappa shape index (κ1) is 13.9. The molecular weight excluding hydrogens is 401 g/mol. The van der Waals surface area contributed by atoms with E-state index in [1.165, 1.54) is 14.7 Å². The molecule has 0 aliphatic carbocycles. The van der Waals surface area contributed by atoms with Gasteiger partial charge >= 0.3 is 0 Å². The third-order valence-corrected chi connectivity index (χ3v) is 5.30. The molecule has 0 spiro atoms. The van der Waals surface area contributed by atoms with Crippen molar-refractivity contribution in [2.75, 3.05) is 5.32 Å². The fraction of sp³-hybridized carbons (Fsp3) is 0.200. The standard InChI is InChI=1S/C15H15BrIN/c1-10-5-3-4-6-13(10)11(2)18-12-7-8-15(17)14(16)9-12/h3-9,11,18H,1-2H3. The lowest BCUT2D eigenvalue weighted by atomic mass is 10.0. The summed E-state index contributed by atoms with van der Waals surface area (Å²) in [5.41, 5.74) is 3.80. The number of aryl methyl sites for hydroxylation is 1. The second-order valence-corrected chi connectivity index (χ2v) is 6.37. The van der Waals surface area contributed by atoms with Gasteiger partial charge in [-0.05, 0) is 81.7 Å². The van der Waals surface area contributed by atoms with Crippen LogP contribution in [0.15, 0.2) is 46.9 Å². The minimum Gasteiger partial charge on any atom is -0.378 e. The Kier molecular flexibility index (Phi) is 4.67. The van der Waals surface area contributed by atoms with Gasteiger partial charge in [-0.25, -0.2) is 0 Å². The molecular formula is C15H15BrIN. The van der Waals surface area contributed by atoms with Gasteiger partial charge in [-0.3, -0.25) is 0 Å². The Morgan fingerprint density at radius 2 is 1.89 bits per heavy atom. The zero-order valence-electron chi connectivity index (χ0n) is 10.4. The predicted molar refractivity (Wildman–Crippen MR) is 90.1 cm³/mol. The van der Waals surface area contributed by atoms with Gasteiger partial charge in [0, 0.05) is 19.8 Å². The summed E-state index contributed by atoms with van der Waals surface area (Å²) in [5.74, 6) is 0. The van der Waals surface area contributed by atoms with E-state index in [-0.39, 0.29) is 0 Å². The molecule has 0 saturated carbocycles. The topological polar surface area (TPSA) is 12.0 Å². The summed E-state index contributed by atoms with van der Waals surface area (Å²) < 4.78 is 2.35. The average molecular weight is 416 g/mol. The van der Waals surface area contributed by atoms with Crippen LogP contribution in [0.4, 0.5) is 5.69 Å². The third-order valence-electron chi connectivity index (χ3n) is 2.96. The van der Waals surface area contributed by atoms with Crippen LogP contribution in [0.2, 0.25) is 0 Å². The van der Waals surface area contributed by atoms with Gasteiger partial charge in [-0.1, -0.05) is 24.3 Å². The van der Waals surface area contributed by atoms with Crippen LogP contribution in [0.5, 0.6) is 0 Å². The van der Waals surface area contributed by atoms with Gasteiger partial charge in [0.15, 0.2) is 0 Å². The van der Waals surface area contributed by atoms with Crippen molar-refractivity contribution >= 4 is 44.2 Å². The summed E-state index contributed by atoms with van der Waals surface area (Å²) in [6.07, 6.45) is 0. The molecule has 0 aliphatic rings. The maximum atomic E-state index is 3.56. The summed E-state index contributed by atoms with van der Waals surface area (Å²) in [6, 6.07) is 15.1. The van der Waals surface area contributed by atoms with Crippen molar-refractivity contribution in [3.05, 3.63) is 61.6 Å². The van der Waals surface area contributed by atoms with Crippen LogP contribution < -0.4 is 5.32 Å². The number of rotatable bonds is 3. The number of benzene rings is 2. The first-order valence-electron chi connectivity index (χ1n) is 5.85. The van der Waals surface area contributed by atoms with Gasteiger partial charge < -0.3 is 5.32 Å². The van der Waals surface area contributed by atoms with Crippen LogP contribution in [-0.2, 0) is 0 Å². The van der Waals surface area contributed by atoms with Gasteiger partial charge in [-0.2, -0.15) is 0 Å². The second-order valence-electron chi connectivity index (χ2n) is 4.35. The van der Waals surface area contributed by atoms with Crippen molar-refractivity contribution in [1.29, 1.82) is 0 Å². The van der Waals surface area contributed by atoms with Crippen LogP contribution in [0.1, 0.15) is 24.1 Å². The Balaban J connectivity index is 2.19. The molecule has 0 aromatic heterocycles. The highest BCUT2D eigenvalue weighted by molar-refractivity contribution is 14.1. The zero-order chi connectivity index (χ0) is 13.1. The number of nitrogens with one attached hydrogen (secondary N) is 1. The average Bonchev–Trinajstić information content (AvgIpc) is 2.34. The Hall–Kier alpha value is -0.550. The Labute approximate surface area is 130 Å². The zero-order valence-corrected chi connectivity index (χ0v) is 14.1. The highest BCUT2D eigenvalue weighted by atomic mass is 127. The summed E-state index contributed by atoms with van der Waals surface area (Å²) in [7, 11) is 0. The first-order chi connectivity index (χ1) is 8.58. The van der Waals surface area contributed by atoms with Crippen LogP contribution in [-0.4, -0.2) is 0 Å². The summed E-state index contributed by atoms with van der Waals surface area (Å²) in [4.78, 5) is 0. The fourth-order valence-electron chi connectivity index (χ4n) is 1.99. The molecule has 0 aliphatic heterocycles. The maximum absolute atomic E-state index is 3.56. The Bertz CT molecular complexity index is 554. The van der Waals surface area contributed by atoms with Crippen LogP contribution >= 0.6 is 38.5 Å². The number of hydrogen-bond acceptors (Lipinski definition) is 1. The molecule has 2 aromatic carbocycles. The molecule has 3 heteroatoms. The van der Waals surface area contributed by atoms with Gasteiger partial charge in [0.25, 0.3) is 0 Å². The molecule has 0 fully saturated rings. The highest BCUT2D eigenvalue weighted by Gasteiger charge is 2.08. The molecule has 0 bridgehead atoms. The van der Waals surface area contributed by atoms with Gasteiger partial charge in [0.2, 0.25) is 0 Å². The first-order valence-corrected chi connectivity index (χ1v) is 7.72. The van der Waals surface area contributed by atoms with Crippen molar-refractivity contribution in [3.63, 3.8) is 0 Å². The van der Waals surface area contributed by atoms with Gasteiger partial charge in [0.1, 0.15) is 0 Å². The number of halogens is 2. The lowest BCUT2D eigenvalue weighted by molar-refractivity contribution is 0.874. The quantitative estimate of drug-likeness (QED) is 0.649. The monoisotopic (exact) mass is 415 g/mol. The van der Waals surface area contributed by atoms with Crippen molar-refractivity contribution in [2.24, 2.45) is 0 Å². The van der Waals surface area contributed by atoms with Gasteiger partial charge in [0.05, 0.1) is 0 Å². The lowest BCUT2D eigenvalue weighted by Gasteiger charge is -2.18. The summed E-state index contributed by atoms with van der Waals surface area (Å²) in [5, 5.41) is 3.53. The van der Waals surface area contributed by atoms with E-state index < -0.39 is 0 Å². The van der Waals surface area contributed by atoms with E-state index >= 15 is 0 Å². The SMILES string of the molecule is Cc1ccccc1C(C)Nc1ccc(I)c(Br)c1. The molecule has 1 N–H and O–H groups in total. The van der Waals surface area contributed by atoms with Crippen molar-refractivity contribution in [1.82, 2.24) is 0 Å². The van der Waals surface area contributed by atoms with Crippen molar-refractivity contribution in [2.45, 2.75) is 19.9 Å². The molecule has 1 nitrogen and oxygen atoms in total. The largest absolute Gasteiger partial charge is 0.378 e. The smallest absolute Gasteiger partial charge is 0.0488 e. The molecule has 1 atom stereocenters. The summed E-state index contributed by atoms with van der Waals surface area (Å²) >= 11 is 5.88. The Morgan fingerprint density at radius 1 is 1.17 bits per heavy atom. The number of anilines is 1. The molecule has 2 aromatic rings. The van der Waals surface area contributed by atoms with Crippen molar-refractivity contribution in [3.8, 4) is 0 Å². The van der Waals surface area contributed by atoms with E-state index in [2.05, 4.69) is 100 Å². The highest BCUT2D eigenvalue weighted by Crippen LogP contribution is 2.26. The fourth-order valence-corrected chi connectivity index (χ4v) is 2.70. The minimum atomic E-state index is 0.304. The predicted octanol–water partition coefficient (Wildman–Crippen LogP) is 5.54. The molecule has 18 heavy (non-hydrogen) atoms. The minimum absolute atomic E-state index is 0.304. The molecule has 0 amide bonds. The normalized spacial score (nSPS) is 12.2. The van der Waals surface area contributed by atoms with Crippen LogP contribution in [0.25, 0.3) is 0 Å². The second kappa shape index (κ2) is 6.06. The third kappa shape index (κ3) is 3.26. The molecule has 0 saturated heterocycles. The van der Waals surface area contributed by atoms with Crippen LogP contribution in [0.3, 0.4) is 0 Å². The van der Waals surface area contributed by atoms with Gasteiger partial charge in [-0.15, -0.1) is 0 Å². The molecule has 1 unspecified atom stereocenters. The van der Waals surface area contributed by atoms with E-state index in [9.17, 15) is 0 Å². The summed E-state index contributed by atoms with van der Waals surface area (Å²) in [6.45, 7) is 4.34. The van der Waals surface area contributed by atoms with Crippen LogP contribution in [0, 0.1) is 10.5 Å². The van der Waals surface area contributed by atoms with E-state index in [0.717, 1.165) is 10.2 Å².